The normalized spacial score (nSPS) is 16.1. The lowest BCUT2D eigenvalue weighted by atomic mass is 10.1. The average molecular weight is 527 g/mol. The van der Waals surface area contributed by atoms with Crippen molar-refractivity contribution < 1.29 is 4.79 Å². The van der Waals surface area contributed by atoms with Crippen molar-refractivity contribution in [2.24, 2.45) is 4.99 Å². The molecular weight excluding hydrogens is 509 g/mol. The Morgan fingerprint density at radius 1 is 1.03 bits per heavy atom. The quantitative estimate of drug-likeness (QED) is 0.275. The van der Waals surface area contributed by atoms with Gasteiger partial charge in [0.1, 0.15) is 0 Å². The van der Waals surface area contributed by atoms with Crippen molar-refractivity contribution in [2.75, 3.05) is 0 Å². The van der Waals surface area contributed by atoms with E-state index < -0.39 is 0 Å². The standard InChI is InChI=1S/C26H18Cl3N3OS/c1-15-20(28)6-4-7-22(15)30-26-31-25(33)24(34-26)11-17-14-32(23-8-3-2-5-19(17)23)13-16-9-10-18(27)12-21(16)29/h2-12,14H,13H2,1H3,(H,30,31,33)/b24-11-. The lowest BCUT2D eigenvalue weighted by molar-refractivity contribution is -0.115. The van der Waals surface area contributed by atoms with Crippen LogP contribution < -0.4 is 5.32 Å². The van der Waals surface area contributed by atoms with Gasteiger partial charge in [0.25, 0.3) is 5.91 Å². The first-order chi connectivity index (χ1) is 16.4. The monoisotopic (exact) mass is 525 g/mol. The summed E-state index contributed by atoms with van der Waals surface area (Å²) < 4.78 is 2.12. The molecule has 1 amide bonds. The van der Waals surface area contributed by atoms with Gasteiger partial charge in [-0.2, -0.15) is 0 Å². The lowest BCUT2D eigenvalue weighted by Gasteiger charge is -2.08. The number of nitrogens with one attached hydrogen (secondary N) is 1. The summed E-state index contributed by atoms with van der Waals surface area (Å²) in [6.07, 6.45) is 3.93. The van der Waals surface area contributed by atoms with Gasteiger partial charge < -0.3 is 9.88 Å². The lowest BCUT2D eigenvalue weighted by Crippen LogP contribution is -2.19. The number of para-hydroxylation sites is 1. The number of rotatable bonds is 4. The van der Waals surface area contributed by atoms with Crippen LogP contribution >= 0.6 is 46.6 Å². The molecule has 170 valence electrons. The number of benzene rings is 3. The van der Waals surface area contributed by atoms with Crippen LogP contribution in [0.15, 0.2) is 76.8 Å². The van der Waals surface area contributed by atoms with Crippen molar-refractivity contribution in [3.63, 3.8) is 0 Å². The minimum atomic E-state index is -0.180. The fourth-order valence-electron chi connectivity index (χ4n) is 3.80. The van der Waals surface area contributed by atoms with Crippen LogP contribution in [0, 0.1) is 6.92 Å². The maximum Gasteiger partial charge on any atom is 0.264 e. The molecule has 4 nitrogen and oxygen atoms in total. The van der Waals surface area contributed by atoms with Crippen LogP contribution in [0.1, 0.15) is 16.7 Å². The highest BCUT2D eigenvalue weighted by Gasteiger charge is 2.25. The van der Waals surface area contributed by atoms with Gasteiger partial charge in [-0.25, -0.2) is 4.99 Å². The van der Waals surface area contributed by atoms with E-state index in [2.05, 4.69) is 20.9 Å². The molecule has 1 aliphatic rings. The number of carbonyl (C=O) groups excluding carboxylic acids is 1. The van der Waals surface area contributed by atoms with Crippen LogP contribution in [0.5, 0.6) is 0 Å². The minimum absolute atomic E-state index is 0.180. The summed E-state index contributed by atoms with van der Waals surface area (Å²) in [5, 5.41) is 6.29. The second kappa shape index (κ2) is 9.51. The number of hydrogen-bond acceptors (Lipinski definition) is 3. The Hall–Kier alpha value is -2.70. The molecule has 1 saturated heterocycles. The second-order valence-corrected chi connectivity index (χ2v) is 10.1. The first-order valence-corrected chi connectivity index (χ1v) is 12.4. The van der Waals surface area contributed by atoms with Crippen LogP contribution in [0.4, 0.5) is 5.69 Å². The number of nitrogens with zero attached hydrogens (tertiary/aromatic N) is 2. The Balaban J connectivity index is 1.49. The Kier molecular flexibility index (Phi) is 6.45. The first-order valence-electron chi connectivity index (χ1n) is 10.5. The number of carbonyl (C=O) groups is 1. The molecule has 5 rings (SSSR count). The molecule has 2 heterocycles. The zero-order valence-electron chi connectivity index (χ0n) is 18.0. The van der Waals surface area contributed by atoms with E-state index in [9.17, 15) is 4.79 Å². The van der Waals surface area contributed by atoms with E-state index in [-0.39, 0.29) is 5.91 Å². The van der Waals surface area contributed by atoms with Crippen molar-refractivity contribution in [3.8, 4) is 0 Å². The summed E-state index contributed by atoms with van der Waals surface area (Å²) in [6, 6.07) is 19.1. The van der Waals surface area contributed by atoms with Crippen LogP contribution in [0.25, 0.3) is 17.0 Å². The van der Waals surface area contributed by atoms with Crippen molar-refractivity contribution in [3.05, 3.63) is 104 Å². The van der Waals surface area contributed by atoms with E-state index in [4.69, 9.17) is 34.8 Å². The Morgan fingerprint density at radius 3 is 2.68 bits per heavy atom. The largest absolute Gasteiger partial charge is 0.342 e. The fourth-order valence-corrected chi connectivity index (χ4v) is 5.27. The minimum Gasteiger partial charge on any atom is -0.342 e. The highest BCUT2D eigenvalue weighted by atomic mass is 35.5. The van der Waals surface area contributed by atoms with E-state index in [1.165, 1.54) is 11.8 Å². The van der Waals surface area contributed by atoms with Gasteiger partial charge in [-0.05, 0) is 66.2 Å². The number of aliphatic imine (C=N–C) groups is 1. The molecule has 0 aliphatic carbocycles. The molecule has 1 aromatic heterocycles. The van der Waals surface area contributed by atoms with Crippen LogP contribution in [0.2, 0.25) is 15.1 Å². The summed E-state index contributed by atoms with van der Waals surface area (Å²) in [5.74, 6) is -0.180. The Morgan fingerprint density at radius 2 is 1.85 bits per heavy atom. The summed E-state index contributed by atoms with van der Waals surface area (Å²) in [6.45, 7) is 2.49. The highest BCUT2D eigenvalue weighted by Crippen LogP contribution is 2.33. The van der Waals surface area contributed by atoms with Gasteiger partial charge in [0.15, 0.2) is 5.17 Å². The summed E-state index contributed by atoms with van der Waals surface area (Å²) in [4.78, 5) is 17.9. The predicted octanol–water partition coefficient (Wildman–Crippen LogP) is 7.85. The van der Waals surface area contributed by atoms with Crippen molar-refractivity contribution >= 4 is 80.3 Å². The maximum atomic E-state index is 12.7. The maximum absolute atomic E-state index is 12.7. The molecule has 4 aromatic rings. The molecule has 0 bridgehead atoms. The molecule has 0 saturated carbocycles. The molecule has 0 radical (unpaired) electrons. The predicted molar refractivity (Wildman–Crippen MR) is 144 cm³/mol. The van der Waals surface area contributed by atoms with Crippen molar-refractivity contribution in [1.82, 2.24) is 9.88 Å². The Bertz CT molecular complexity index is 1510. The third-order valence-electron chi connectivity index (χ3n) is 5.57. The Labute approximate surface area is 216 Å². The third kappa shape index (κ3) is 4.62. The van der Waals surface area contributed by atoms with E-state index in [0.29, 0.717) is 31.7 Å². The van der Waals surface area contributed by atoms with E-state index in [1.54, 1.807) is 6.07 Å². The molecule has 0 spiro atoms. The van der Waals surface area contributed by atoms with E-state index >= 15 is 0 Å². The van der Waals surface area contributed by atoms with Crippen molar-refractivity contribution in [2.45, 2.75) is 13.5 Å². The number of hydrogen-bond donors (Lipinski definition) is 1. The SMILES string of the molecule is Cc1c(Cl)cccc1N=C1NC(=O)/C(=C/c2cn(Cc3ccc(Cl)cc3Cl)c3ccccc23)S1. The van der Waals surface area contributed by atoms with Crippen LogP contribution in [-0.2, 0) is 11.3 Å². The average Bonchev–Trinajstić information content (AvgIpc) is 3.33. The number of fused-ring (bicyclic) bond motifs is 1. The molecule has 34 heavy (non-hydrogen) atoms. The third-order valence-corrected chi connectivity index (χ3v) is 7.48. The molecular formula is C26H18Cl3N3OS. The summed E-state index contributed by atoms with van der Waals surface area (Å²) >= 11 is 20.0. The van der Waals surface area contributed by atoms with Gasteiger partial charge in [-0.15, -0.1) is 0 Å². The number of thioether (sulfide) groups is 1. The molecule has 0 atom stereocenters. The zero-order chi connectivity index (χ0) is 23.8. The summed E-state index contributed by atoms with van der Waals surface area (Å²) in [7, 11) is 0. The number of aromatic nitrogens is 1. The van der Waals surface area contributed by atoms with Crippen molar-refractivity contribution in [1.29, 1.82) is 0 Å². The topological polar surface area (TPSA) is 46.4 Å². The number of amidine groups is 1. The molecule has 1 N–H and O–H groups in total. The molecule has 1 fully saturated rings. The highest BCUT2D eigenvalue weighted by molar-refractivity contribution is 8.18. The molecule has 0 unspecified atom stereocenters. The number of amides is 1. The molecule has 1 aliphatic heterocycles. The van der Waals surface area contributed by atoms with Gasteiger partial charge in [0.2, 0.25) is 0 Å². The van der Waals surface area contributed by atoms with Gasteiger partial charge >= 0.3 is 0 Å². The van der Waals surface area contributed by atoms with E-state index in [1.807, 2.05) is 67.7 Å². The second-order valence-electron chi connectivity index (χ2n) is 7.83. The smallest absolute Gasteiger partial charge is 0.264 e. The summed E-state index contributed by atoms with van der Waals surface area (Å²) in [5.41, 5.74) is 4.55. The zero-order valence-corrected chi connectivity index (χ0v) is 21.1. The molecule has 8 heteroatoms. The van der Waals surface area contributed by atoms with Gasteiger partial charge in [-0.3, -0.25) is 4.79 Å². The van der Waals surface area contributed by atoms with Crippen LogP contribution in [0.3, 0.4) is 0 Å². The van der Waals surface area contributed by atoms with Gasteiger partial charge in [0, 0.05) is 44.3 Å². The molecule has 3 aromatic carbocycles. The van der Waals surface area contributed by atoms with Crippen LogP contribution in [-0.4, -0.2) is 15.6 Å². The van der Waals surface area contributed by atoms with Gasteiger partial charge in [-0.1, -0.05) is 65.1 Å². The van der Waals surface area contributed by atoms with Gasteiger partial charge in [0.05, 0.1) is 10.6 Å². The van der Waals surface area contributed by atoms with E-state index in [0.717, 1.165) is 33.3 Å². The fraction of sp³-hybridized carbons (Fsp3) is 0.0769. The first kappa shape index (κ1) is 23.1. The number of halogens is 3.